The third-order valence-electron chi connectivity index (χ3n) is 2.24. The van der Waals surface area contributed by atoms with Gasteiger partial charge in [0.05, 0.1) is 0 Å². The highest BCUT2D eigenvalue weighted by molar-refractivity contribution is 5.95. The molecule has 13 heavy (non-hydrogen) atoms. The average molecular weight is 172 g/mol. The summed E-state index contributed by atoms with van der Waals surface area (Å²) in [7, 11) is 1.94. The predicted molar refractivity (Wildman–Crippen MR) is 56.0 cm³/mol. The van der Waals surface area contributed by atoms with Crippen LogP contribution in [0.25, 0.3) is 10.8 Å². The van der Waals surface area contributed by atoms with Gasteiger partial charge in [0.1, 0.15) is 0 Å². The Kier molecular flexibility index (Phi) is 1.89. The van der Waals surface area contributed by atoms with Crippen LogP contribution in [0.4, 0.5) is 5.69 Å². The lowest BCUT2D eigenvalue weighted by molar-refractivity contribution is 1.31. The molecule has 0 saturated carbocycles. The molecule has 2 heteroatoms. The van der Waals surface area contributed by atoms with Crippen LogP contribution in [0.5, 0.6) is 0 Å². The molecular weight excluding hydrogens is 160 g/mol. The number of rotatable bonds is 1. The fourth-order valence-electron chi connectivity index (χ4n) is 1.62. The molecule has 2 rings (SSSR count). The van der Waals surface area contributed by atoms with E-state index in [1.54, 1.807) is 0 Å². The molecule has 0 aliphatic rings. The van der Waals surface area contributed by atoms with Crippen LogP contribution in [0.1, 0.15) is 5.56 Å². The molecule has 0 aliphatic carbocycles. The van der Waals surface area contributed by atoms with Gasteiger partial charge in [0.2, 0.25) is 0 Å². The zero-order valence-electron chi connectivity index (χ0n) is 7.83. The lowest BCUT2D eigenvalue weighted by Crippen LogP contribution is -1.91. The zero-order chi connectivity index (χ0) is 9.26. The maximum Gasteiger partial charge on any atom is 0.0421 e. The minimum atomic E-state index is 1.16. The Hall–Kier alpha value is -1.57. The van der Waals surface area contributed by atoms with Gasteiger partial charge in [0.15, 0.2) is 0 Å². The second-order valence-corrected chi connectivity index (χ2v) is 3.11. The highest BCUT2D eigenvalue weighted by Gasteiger charge is 2.01. The minimum Gasteiger partial charge on any atom is -0.388 e. The summed E-state index contributed by atoms with van der Waals surface area (Å²) >= 11 is 0. The normalized spacial score (nSPS) is 10.3. The van der Waals surface area contributed by atoms with Gasteiger partial charge in [-0.05, 0) is 18.6 Å². The van der Waals surface area contributed by atoms with Crippen LogP contribution < -0.4 is 5.32 Å². The van der Waals surface area contributed by atoms with Crippen molar-refractivity contribution in [2.75, 3.05) is 12.4 Å². The van der Waals surface area contributed by atoms with Crippen molar-refractivity contribution >= 4 is 16.5 Å². The van der Waals surface area contributed by atoms with Gasteiger partial charge in [0, 0.05) is 35.9 Å². The number of aromatic nitrogens is 1. The highest BCUT2D eigenvalue weighted by atomic mass is 14.8. The van der Waals surface area contributed by atoms with Crippen molar-refractivity contribution in [1.29, 1.82) is 0 Å². The average Bonchev–Trinajstić information content (AvgIpc) is 2.17. The largest absolute Gasteiger partial charge is 0.388 e. The first-order valence-electron chi connectivity index (χ1n) is 4.34. The Morgan fingerprint density at radius 2 is 2.08 bits per heavy atom. The van der Waals surface area contributed by atoms with E-state index in [1.165, 1.54) is 16.3 Å². The number of hydrogen-bond acceptors (Lipinski definition) is 2. The second kappa shape index (κ2) is 3.05. The number of nitrogens with one attached hydrogen (secondary N) is 1. The van der Waals surface area contributed by atoms with E-state index in [2.05, 4.69) is 29.4 Å². The first-order valence-corrected chi connectivity index (χ1v) is 4.34. The van der Waals surface area contributed by atoms with Gasteiger partial charge in [-0.1, -0.05) is 12.1 Å². The van der Waals surface area contributed by atoms with Crippen LogP contribution in [-0.2, 0) is 0 Å². The highest BCUT2D eigenvalue weighted by Crippen LogP contribution is 2.24. The molecule has 0 amide bonds. The number of hydrogen-bond donors (Lipinski definition) is 1. The van der Waals surface area contributed by atoms with E-state index in [9.17, 15) is 0 Å². The number of nitrogens with zero attached hydrogens (tertiary/aromatic N) is 1. The molecule has 66 valence electrons. The molecule has 0 aliphatic heterocycles. The van der Waals surface area contributed by atoms with E-state index in [1.807, 2.05) is 25.5 Å². The number of anilines is 1. The van der Waals surface area contributed by atoms with Gasteiger partial charge in [-0.25, -0.2) is 0 Å². The SMILES string of the molecule is CNc1cccc2cncc(C)c12. The lowest BCUT2D eigenvalue weighted by atomic mass is 10.1. The molecule has 0 bridgehead atoms. The van der Waals surface area contributed by atoms with Crippen molar-refractivity contribution in [3.8, 4) is 0 Å². The summed E-state index contributed by atoms with van der Waals surface area (Å²) in [6.07, 6.45) is 3.78. The van der Waals surface area contributed by atoms with Gasteiger partial charge < -0.3 is 5.32 Å². The maximum atomic E-state index is 4.16. The molecule has 2 aromatic rings. The number of fused-ring (bicyclic) bond motifs is 1. The van der Waals surface area contributed by atoms with Crippen molar-refractivity contribution in [3.05, 3.63) is 36.2 Å². The van der Waals surface area contributed by atoms with Crippen molar-refractivity contribution in [1.82, 2.24) is 4.98 Å². The summed E-state index contributed by atoms with van der Waals surface area (Å²) in [5.74, 6) is 0. The fraction of sp³-hybridized carbons (Fsp3) is 0.182. The number of pyridine rings is 1. The Balaban J connectivity index is 2.87. The Morgan fingerprint density at radius 1 is 1.23 bits per heavy atom. The quantitative estimate of drug-likeness (QED) is 0.715. The molecule has 1 aromatic heterocycles. The molecule has 0 fully saturated rings. The Morgan fingerprint density at radius 3 is 2.85 bits per heavy atom. The van der Waals surface area contributed by atoms with Crippen LogP contribution in [0.15, 0.2) is 30.6 Å². The number of benzene rings is 1. The van der Waals surface area contributed by atoms with Crippen molar-refractivity contribution in [2.24, 2.45) is 0 Å². The van der Waals surface area contributed by atoms with E-state index < -0.39 is 0 Å². The molecule has 0 radical (unpaired) electrons. The molecule has 0 saturated heterocycles. The van der Waals surface area contributed by atoms with Gasteiger partial charge in [0.25, 0.3) is 0 Å². The molecule has 1 heterocycles. The van der Waals surface area contributed by atoms with Gasteiger partial charge in [-0.15, -0.1) is 0 Å². The smallest absolute Gasteiger partial charge is 0.0421 e. The van der Waals surface area contributed by atoms with Gasteiger partial charge in [-0.2, -0.15) is 0 Å². The van der Waals surface area contributed by atoms with Gasteiger partial charge in [-0.3, -0.25) is 4.98 Å². The van der Waals surface area contributed by atoms with E-state index in [4.69, 9.17) is 0 Å². The van der Waals surface area contributed by atoms with Crippen molar-refractivity contribution in [2.45, 2.75) is 6.92 Å². The van der Waals surface area contributed by atoms with E-state index in [-0.39, 0.29) is 0 Å². The molecule has 1 N–H and O–H groups in total. The summed E-state index contributed by atoms with van der Waals surface area (Å²) < 4.78 is 0. The monoisotopic (exact) mass is 172 g/mol. The van der Waals surface area contributed by atoms with Crippen LogP contribution >= 0.6 is 0 Å². The molecule has 0 unspecified atom stereocenters. The summed E-state index contributed by atoms with van der Waals surface area (Å²) in [6.45, 7) is 2.08. The standard InChI is InChI=1S/C11H12N2/c1-8-6-13-7-9-4-3-5-10(12-2)11(8)9/h3-7,12H,1-2H3. The zero-order valence-corrected chi connectivity index (χ0v) is 7.83. The molecule has 0 atom stereocenters. The summed E-state index contributed by atoms with van der Waals surface area (Å²) in [5.41, 5.74) is 2.37. The topological polar surface area (TPSA) is 24.9 Å². The molecule has 1 aromatic carbocycles. The van der Waals surface area contributed by atoms with E-state index >= 15 is 0 Å². The molecular formula is C11H12N2. The third kappa shape index (κ3) is 1.24. The second-order valence-electron chi connectivity index (χ2n) is 3.11. The fourth-order valence-corrected chi connectivity index (χ4v) is 1.62. The first-order chi connectivity index (χ1) is 6.33. The van der Waals surface area contributed by atoms with E-state index in [0.29, 0.717) is 0 Å². The predicted octanol–water partition coefficient (Wildman–Crippen LogP) is 2.58. The van der Waals surface area contributed by atoms with Crippen LogP contribution in [-0.4, -0.2) is 12.0 Å². The van der Waals surface area contributed by atoms with Crippen molar-refractivity contribution < 1.29 is 0 Å². The Labute approximate surface area is 77.6 Å². The Bertz CT molecular complexity index is 430. The minimum absolute atomic E-state index is 1.16. The van der Waals surface area contributed by atoms with Crippen LogP contribution in [0.2, 0.25) is 0 Å². The summed E-state index contributed by atoms with van der Waals surface area (Å²) in [5, 5.41) is 5.63. The third-order valence-corrected chi connectivity index (χ3v) is 2.24. The van der Waals surface area contributed by atoms with E-state index in [0.717, 1.165) is 5.69 Å². The van der Waals surface area contributed by atoms with Crippen LogP contribution in [0.3, 0.4) is 0 Å². The van der Waals surface area contributed by atoms with Crippen LogP contribution in [0, 0.1) is 6.92 Å². The molecule has 2 nitrogen and oxygen atoms in total. The summed E-state index contributed by atoms with van der Waals surface area (Å²) in [4.78, 5) is 4.16. The van der Waals surface area contributed by atoms with Gasteiger partial charge >= 0.3 is 0 Å². The first kappa shape index (κ1) is 8.05. The maximum absolute atomic E-state index is 4.16. The van der Waals surface area contributed by atoms with Crippen molar-refractivity contribution in [3.63, 3.8) is 0 Å². The number of aryl methyl sites for hydroxylation is 1. The summed E-state index contributed by atoms with van der Waals surface area (Å²) in [6, 6.07) is 6.20. The lowest BCUT2D eigenvalue weighted by Gasteiger charge is -2.07. The molecule has 0 spiro atoms.